The quantitative estimate of drug-likeness (QED) is 0.302. The molecule has 3 aromatic rings. The maximum atomic E-state index is 10.9. The summed E-state index contributed by atoms with van der Waals surface area (Å²) in [5.41, 5.74) is 2.62. The Hall–Kier alpha value is -2.47. The molecule has 0 aliphatic carbocycles. The normalized spacial score (nSPS) is 16.9. The molecule has 4 rings (SSSR count). The summed E-state index contributed by atoms with van der Waals surface area (Å²) in [5, 5.41) is 20.3. The Morgan fingerprint density at radius 3 is 2.82 bits per heavy atom. The molecule has 34 heavy (non-hydrogen) atoms. The van der Waals surface area contributed by atoms with Gasteiger partial charge in [0.2, 0.25) is 0 Å². The second kappa shape index (κ2) is 11.3. The van der Waals surface area contributed by atoms with Crippen LogP contribution in [-0.2, 0) is 30.3 Å². The molecule has 1 aliphatic heterocycles. The van der Waals surface area contributed by atoms with E-state index in [-0.39, 0.29) is 18.6 Å². The maximum Gasteiger partial charge on any atom is 0.264 e. The fraction of sp³-hybridized carbons (Fsp3) is 0.565. The van der Waals surface area contributed by atoms with Crippen LogP contribution in [-0.4, -0.2) is 65.8 Å². The first-order valence-corrected chi connectivity index (χ1v) is 13.5. The molecule has 1 N–H and O–H groups in total. The van der Waals surface area contributed by atoms with E-state index in [9.17, 15) is 13.5 Å². The number of hydrogen-bond donors (Lipinski definition) is 1. The maximum absolute atomic E-state index is 10.9. The van der Waals surface area contributed by atoms with Gasteiger partial charge in [0.05, 0.1) is 24.6 Å². The molecule has 3 heterocycles. The smallest absolute Gasteiger partial charge is 0.264 e. The number of aromatic nitrogens is 4. The minimum Gasteiger partial charge on any atom is -0.508 e. The van der Waals surface area contributed by atoms with Crippen LogP contribution < -0.4 is 0 Å². The van der Waals surface area contributed by atoms with Gasteiger partial charge in [-0.05, 0) is 56.7 Å². The highest BCUT2D eigenvalue weighted by atomic mass is 32.2. The Kier molecular flexibility index (Phi) is 8.19. The molecule has 11 heteroatoms. The van der Waals surface area contributed by atoms with Crippen molar-refractivity contribution in [3.63, 3.8) is 0 Å². The van der Waals surface area contributed by atoms with Crippen LogP contribution in [0.15, 0.2) is 30.6 Å². The fourth-order valence-corrected chi connectivity index (χ4v) is 4.46. The number of aryl methyl sites for hydroxylation is 1. The number of aromatic hydroxyl groups is 1. The van der Waals surface area contributed by atoms with Crippen molar-refractivity contribution in [2.75, 3.05) is 32.7 Å². The van der Waals surface area contributed by atoms with Gasteiger partial charge in [-0.2, -0.15) is 18.6 Å². The van der Waals surface area contributed by atoms with Crippen LogP contribution in [0.5, 0.6) is 5.75 Å². The van der Waals surface area contributed by atoms with E-state index in [0.29, 0.717) is 19.6 Å². The summed E-state index contributed by atoms with van der Waals surface area (Å²) in [6.07, 6.45) is 10.1. The first kappa shape index (κ1) is 24.6. The molecule has 0 spiro atoms. The summed E-state index contributed by atoms with van der Waals surface area (Å²) >= 11 is 0. The van der Waals surface area contributed by atoms with E-state index in [1.54, 1.807) is 18.3 Å². The van der Waals surface area contributed by atoms with Crippen LogP contribution in [0.1, 0.15) is 44.8 Å². The Bertz CT molecular complexity index is 1180. The second-order valence-electron chi connectivity index (χ2n) is 8.51. The van der Waals surface area contributed by atoms with Gasteiger partial charge in [-0.3, -0.25) is 8.86 Å². The van der Waals surface area contributed by atoms with Gasteiger partial charge in [-0.15, -0.1) is 0 Å². The van der Waals surface area contributed by atoms with Crippen molar-refractivity contribution in [3.8, 4) is 17.0 Å². The molecule has 1 atom stereocenters. The number of fused-ring (bicyclic) bond motifs is 1. The van der Waals surface area contributed by atoms with Crippen molar-refractivity contribution in [1.29, 1.82) is 0 Å². The summed E-state index contributed by atoms with van der Waals surface area (Å²) in [7, 11) is -3.38. The number of ether oxygens (including phenoxy) is 2. The van der Waals surface area contributed by atoms with Gasteiger partial charge >= 0.3 is 0 Å². The zero-order chi connectivity index (χ0) is 24.0. The van der Waals surface area contributed by atoms with E-state index in [4.69, 9.17) is 14.6 Å². The average Bonchev–Trinajstić information content (AvgIpc) is 3.42. The first-order chi connectivity index (χ1) is 16.4. The van der Waals surface area contributed by atoms with Crippen LogP contribution in [0.4, 0.5) is 0 Å². The van der Waals surface area contributed by atoms with E-state index in [0.717, 1.165) is 73.7 Å². The largest absolute Gasteiger partial charge is 0.508 e. The highest BCUT2D eigenvalue weighted by molar-refractivity contribution is 7.85. The van der Waals surface area contributed by atoms with Crippen molar-refractivity contribution in [2.45, 2.75) is 51.3 Å². The van der Waals surface area contributed by atoms with Crippen LogP contribution >= 0.6 is 0 Å². The molecule has 2 aromatic heterocycles. The fourth-order valence-electron chi connectivity index (χ4n) is 4.04. The van der Waals surface area contributed by atoms with E-state index >= 15 is 0 Å². The Balaban J connectivity index is 1.31. The van der Waals surface area contributed by atoms with E-state index < -0.39 is 10.1 Å². The highest BCUT2D eigenvalue weighted by Gasteiger charge is 2.22. The minimum atomic E-state index is -3.38. The van der Waals surface area contributed by atoms with Gasteiger partial charge < -0.3 is 14.6 Å². The molecule has 0 radical (unpaired) electrons. The summed E-state index contributed by atoms with van der Waals surface area (Å²) in [4.78, 5) is 0. The number of nitrogens with zero attached hydrogens (tertiary/aromatic N) is 4. The third kappa shape index (κ3) is 6.56. The zero-order valence-corrected chi connectivity index (χ0v) is 20.2. The molecule has 1 unspecified atom stereocenters. The van der Waals surface area contributed by atoms with Crippen LogP contribution in [0.25, 0.3) is 22.2 Å². The van der Waals surface area contributed by atoms with Gasteiger partial charge in [-0.25, -0.2) is 4.68 Å². The molecule has 1 aromatic carbocycles. The van der Waals surface area contributed by atoms with Gasteiger partial charge in [0.25, 0.3) is 10.1 Å². The van der Waals surface area contributed by atoms with Gasteiger partial charge in [0.15, 0.2) is 6.23 Å². The molecule has 10 nitrogen and oxygen atoms in total. The lowest BCUT2D eigenvalue weighted by Crippen LogP contribution is -2.19. The number of benzene rings is 1. The Labute approximate surface area is 199 Å². The lowest BCUT2D eigenvalue weighted by molar-refractivity contribution is -0.0365. The zero-order valence-electron chi connectivity index (χ0n) is 19.4. The Morgan fingerprint density at radius 2 is 2.03 bits per heavy atom. The molecule has 1 aliphatic rings. The van der Waals surface area contributed by atoms with Crippen molar-refractivity contribution in [1.82, 2.24) is 19.6 Å². The summed E-state index contributed by atoms with van der Waals surface area (Å²) in [5.74, 6) is 0.202. The molecular weight excluding hydrogens is 460 g/mol. The summed E-state index contributed by atoms with van der Waals surface area (Å²) in [6.45, 7) is 2.69. The van der Waals surface area contributed by atoms with Crippen LogP contribution in [0, 0.1) is 0 Å². The number of phenolic OH excluding ortho intramolecular Hbond substituents is 1. The molecule has 0 saturated carbocycles. The first-order valence-electron chi connectivity index (χ1n) is 11.7. The molecule has 1 saturated heterocycles. The lowest BCUT2D eigenvalue weighted by Gasteiger charge is -2.23. The molecule has 1 fully saturated rings. The molecular formula is C23H32N4O6S. The summed E-state index contributed by atoms with van der Waals surface area (Å²) < 4.78 is 41.8. The standard InChI is InChI=1S/C23H32N4O6S/c1-34(29,30)33-14-6-12-31-11-5-3-10-26-17-18(16-24-26)23-20-15-19(28)8-9-21(20)27(25-23)22-7-2-4-13-32-22/h8-9,15-17,22,28H,2-7,10-14H2,1H3. The van der Waals surface area contributed by atoms with Crippen molar-refractivity contribution in [3.05, 3.63) is 30.6 Å². The van der Waals surface area contributed by atoms with Crippen LogP contribution in [0.3, 0.4) is 0 Å². The van der Waals surface area contributed by atoms with Gasteiger partial charge in [0, 0.05) is 43.5 Å². The molecule has 0 amide bonds. The third-order valence-corrected chi connectivity index (χ3v) is 6.28. The SMILES string of the molecule is CS(=O)(=O)OCCCOCCCCn1cc(-c2nn(C3CCCCO3)c3ccc(O)cc23)cn1. The average molecular weight is 493 g/mol. The van der Waals surface area contributed by atoms with Crippen molar-refractivity contribution < 1.29 is 27.2 Å². The predicted molar refractivity (Wildman–Crippen MR) is 127 cm³/mol. The van der Waals surface area contributed by atoms with Crippen molar-refractivity contribution >= 4 is 21.0 Å². The van der Waals surface area contributed by atoms with Gasteiger partial charge in [-0.1, -0.05) is 0 Å². The van der Waals surface area contributed by atoms with Crippen LogP contribution in [0.2, 0.25) is 0 Å². The van der Waals surface area contributed by atoms with E-state index in [1.165, 1.54) is 0 Å². The number of phenols is 1. The highest BCUT2D eigenvalue weighted by Crippen LogP contribution is 2.34. The van der Waals surface area contributed by atoms with Crippen molar-refractivity contribution in [2.24, 2.45) is 0 Å². The third-order valence-electron chi connectivity index (χ3n) is 5.68. The van der Waals surface area contributed by atoms with E-state index in [1.807, 2.05) is 21.6 Å². The van der Waals surface area contributed by atoms with Gasteiger partial charge in [0.1, 0.15) is 11.4 Å². The number of hydrogen-bond acceptors (Lipinski definition) is 8. The monoisotopic (exact) mass is 492 g/mol. The Morgan fingerprint density at radius 1 is 1.18 bits per heavy atom. The molecule has 186 valence electrons. The number of rotatable bonds is 12. The lowest BCUT2D eigenvalue weighted by atomic mass is 10.1. The minimum absolute atomic E-state index is 0.0949. The topological polar surface area (TPSA) is 118 Å². The second-order valence-corrected chi connectivity index (χ2v) is 10.2. The predicted octanol–water partition coefficient (Wildman–Crippen LogP) is 3.47. The molecule has 0 bridgehead atoms. The van der Waals surface area contributed by atoms with E-state index in [2.05, 4.69) is 9.28 Å². The number of unbranched alkanes of at least 4 members (excludes halogenated alkanes) is 1. The summed E-state index contributed by atoms with van der Waals surface area (Å²) in [6, 6.07) is 5.31.